The molecule has 1 amide bonds. The Balaban J connectivity index is 2.50. The third kappa shape index (κ3) is 1.31. The van der Waals surface area contributed by atoms with Crippen LogP contribution in [0.5, 0.6) is 0 Å². The highest BCUT2D eigenvalue weighted by molar-refractivity contribution is 5.99. The normalized spacial score (nSPS) is 19.7. The second-order valence-corrected chi connectivity index (χ2v) is 4.20. The average molecular weight is 189 g/mol. The minimum absolute atomic E-state index is 0.0648. The summed E-state index contributed by atoms with van der Waals surface area (Å²) in [6.07, 6.45) is 0. The Morgan fingerprint density at radius 3 is 2.71 bits per heavy atom. The number of amides is 1. The van der Waals surface area contributed by atoms with E-state index < -0.39 is 0 Å². The number of hydrogen-bond donors (Lipinski definition) is 1. The lowest BCUT2D eigenvalue weighted by molar-refractivity contribution is 0.0958. The first-order valence-corrected chi connectivity index (χ1v) is 5.04. The van der Waals surface area contributed by atoms with E-state index in [1.807, 2.05) is 13.0 Å². The summed E-state index contributed by atoms with van der Waals surface area (Å²) >= 11 is 0. The fraction of sp³-hybridized carbons (Fsp3) is 0.417. The SMILES string of the molecule is CC(C)c1ccc2c(c1)C(=O)NC2C. The van der Waals surface area contributed by atoms with Crippen LogP contribution >= 0.6 is 0 Å². The number of hydrogen-bond acceptors (Lipinski definition) is 1. The first-order valence-electron chi connectivity index (χ1n) is 5.04. The van der Waals surface area contributed by atoms with Gasteiger partial charge in [-0.3, -0.25) is 4.79 Å². The molecule has 0 aromatic heterocycles. The molecule has 1 N–H and O–H groups in total. The fourth-order valence-electron chi connectivity index (χ4n) is 1.86. The molecule has 1 aromatic carbocycles. The van der Waals surface area contributed by atoms with Crippen molar-refractivity contribution in [2.75, 3.05) is 0 Å². The number of fused-ring (bicyclic) bond motifs is 1. The highest BCUT2D eigenvalue weighted by Gasteiger charge is 2.25. The summed E-state index contributed by atoms with van der Waals surface area (Å²) in [5.41, 5.74) is 3.20. The molecule has 0 saturated carbocycles. The van der Waals surface area contributed by atoms with Crippen molar-refractivity contribution in [2.45, 2.75) is 32.7 Å². The Hall–Kier alpha value is -1.31. The number of carbonyl (C=O) groups is 1. The van der Waals surface area contributed by atoms with E-state index >= 15 is 0 Å². The predicted molar refractivity (Wildman–Crippen MR) is 56.4 cm³/mol. The van der Waals surface area contributed by atoms with Gasteiger partial charge in [0.2, 0.25) is 0 Å². The summed E-state index contributed by atoms with van der Waals surface area (Å²) in [6, 6.07) is 6.35. The summed E-state index contributed by atoms with van der Waals surface area (Å²) in [5, 5.41) is 2.91. The second-order valence-electron chi connectivity index (χ2n) is 4.20. The maximum atomic E-state index is 11.5. The highest BCUT2D eigenvalue weighted by atomic mass is 16.2. The molecule has 2 rings (SSSR count). The molecular formula is C12H15NO. The Kier molecular flexibility index (Phi) is 2.06. The Labute approximate surface area is 84.3 Å². The van der Waals surface area contributed by atoms with E-state index in [-0.39, 0.29) is 11.9 Å². The van der Waals surface area contributed by atoms with Crippen LogP contribution in [-0.2, 0) is 0 Å². The monoisotopic (exact) mass is 189 g/mol. The summed E-state index contributed by atoms with van der Waals surface area (Å²) in [7, 11) is 0. The first-order chi connectivity index (χ1) is 6.59. The van der Waals surface area contributed by atoms with Crippen molar-refractivity contribution in [3.05, 3.63) is 34.9 Å². The Morgan fingerprint density at radius 2 is 2.07 bits per heavy atom. The van der Waals surface area contributed by atoms with Crippen molar-refractivity contribution in [3.63, 3.8) is 0 Å². The van der Waals surface area contributed by atoms with E-state index in [0.717, 1.165) is 11.1 Å². The van der Waals surface area contributed by atoms with Crippen LogP contribution in [0.1, 0.15) is 54.2 Å². The van der Waals surface area contributed by atoms with Gasteiger partial charge >= 0.3 is 0 Å². The first kappa shape index (κ1) is 9.25. The van der Waals surface area contributed by atoms with Crippen molar-refractivity contribution in [2.24, 2.45) is 0 Å². The number of carbonyl (C=O) groups excluding carboxylic acids is 1. The summed E-state index contributed by atoms with van der Waals surface area (Å²) in [6.45, 7) is 6.29. The molecule has 0 saturated heterocycles. The summed E-state index contributed by atoms with van der Waals surface area (Å²) < 4.78 is 0. The lowest BCUT2D eigenvalue weighted by Crippen LogP contribution is -2.16. The van der Waals surface area contributed by atoms with Crippen LogP contribution in [0.25, 0.3) is 0 Å². The highest BCUT2D eigenvalue weighted by Crippen LogP contribution is 2.27. The molecule has 1 aromatic rings. The number of benzene rings is 1. The van der Waals surface area contributed by atoms with Gasteiger partial charge in [0.25, 0.3) is 5.91 Å². The largest absolute Gasteiger partial charge is 0.345 e. The molecule has 0 fully saturated rings. The molecule has 1 unspecified atom stereocenters. The van der Waals surface area contributed by atoms with E-state index in [4.69, 9.17) is 0 Å². The van der Waals surface area contributed by atoms with Gasteiger partial charge < -0.3 is 5.32 Å². The van der Waals surface area contributed by atoms with Crippen LogP contribution in [0.4, 0.5) is 0 Å². The molecule has 1 atom stereocenters. The average Bonchev–Trinajstić information content (AvgIpc) is 2.42. The standard InChI is InChI=1S/C12H15NO/c1-7(2)9-4-5-10-8(3)13-12(14)11(10)6-9/h4-8H,1-3H3,(H,13,14). The van der Waals surface area contributed by atoms with Crippen molar-refractivity contribution >= 4 is 5.91 Å². The maximum absolute atomic E-state index is 11.5. The van der Waals surface area contributed by atoms with Gasteiger partial charge in [-0.25, -0.2) is 0 Å². The number of nitrogens with one attached hydrogen (secondary N) is 1. The van der Waals surface area contributed by atoms with E-state index in [1.165, 1.54) is 5.56 Å². The van der Waals surface area contributed by atoms with E-state index in [1.54, 1.807) is 0 Å². The molecule has 0 bridgehead atoms. The van der Waals surface area contributed by atoms with Crippen LogP contribution in [0, 0.1) is 0 Å². The molecule has 1 heterocycles. The van der Waals surface area contributed by atoms with Gasteiger partial charge in [-0.1, -0.05) is 26.0 Å². The van der Waals surface area contributed by atoms with Crippen molar-refractivity contribution in [1.29, 1.82) is 0 Å². The molecule has 1 aliphatic heterocycles. The smallest absolute Gasteiger partial charge is 0.252 e. The van der Waals surface area contributed by atoms with E-state index in [2.05, 4.69) is 31.3 Å². The maximum Gasteiger partial charge on any atom is 0.252 e. The van der Waals surface area contributed by atoms with Crippen molar-refractivity contribution in [3.8, 4) is 0 Å². The van der Waals surface area contributed by atoms with Crippen LogP contribution in [0.2, 0.25) is 0 Å². The van der Waals surface area contributed by atoms with Crippen LogP contribution in [0.3, 0.4) is 0 Å². The van der Waals surface area contributed by atoms with Crippen molar-refractivity contribution in [1.82, 2.24) is 5.32 Å². The zero-order valence-electron chi connectivity index (χ0n) is 8.79. The molecule has 1 aliphatic rings. The quantitative estimate of drug-likeness (QED) is 0.723. The second kappa shape index (κ2) is 3.12. The molecule has 0 aliphatic carbocycles. The van der Waals surface area contributed by atoms with Gasteiger partial charge in [0.15, 0.2) is 0 Å². The van der Waals surface area contributed by atoms with Gasteiger partial charge in [-0.2, -0.15) is 0 Å². The van der Waals surface area contributed by atoms with Gasteiger partial charge in [0.05, 0.1) is 6.04 Å². The molecular weight excluding hydrogens is 174 g/mol. The minimum Gasteiger partial charge on any atom is -0.345 e. The van der Waals surface area contributed by atoms with Crippen LogP contribution < -0.4 is 5.32 Å². The Bertz CT molecular complexity index is 382. The molecule has 0 radical (unpaired) electrons. The van der Waals surface area contributed by atoms with Crippen LogP contribution in [0.15, 0.2) is 18.2 Å². The third-order valence-corrected chi connectivity index (χ3v) is 2.80. The lowest BCUT2D eigenvalue weighted by atomic mass is 9.97. The zero-order valence-corrected chi connectivity index (χ0v) is 8.79. The molecule has 2 nitrogen and oxygen atoms in total. The fourth-order valence-corrected chi connectivity index (χ4v) is 1.86. The lowest BCUT2D eigenvalue weighted by Gasteiger charge is -2.07. The summed E-state index contributed by atoms with van der Waals surface area (Å²) in [4.78, 5) is 11.5. The predicted octanol–water partition coefficient (Wildman–Crippen LogP) is 2.61. The molecule has 14 heavy (non-hydrogen) atoms. The van der Waals surface area contributed by atoms with Gasteiger partial charge in [0.1, 0.15) is 0 Å². The Morgan fingerprint density at radius 1 is 1.36 bits per heavy atom. The molecule has 74 valence electrons. The topological polar surface area (TPSA) is 29.1 Å². The third-order valence-electron chi connectivity index (χ3n) is 2.80. The number of rotatable bonds is 1. The zero-order chi connectivity index (χ0) is 10.3. The molecule has 2 heteroatoms. The molecule has 0 spiro atoms. The van der Waals surface area contributed by atoms with Crippen LogP contribution in [-0.4, -0.2) is 5.91 Å². The van der Waals surface area contributed by atoms with Crippen molar-refractivity contribution < 1.29 is 4.79 Å². The van der Waals surface area contributed by atoms with Gasteiger partial charge in [-0.05, 0) is 30.0 Å². The summed E-state index contributed by atoms with van der Waals surface area (Å²) in [5.74, 6) is 0.541. The van der Waals surface area contributed by atoms with Gasteiger partial charge in [0, 0.05) is 5.56 Å². The van der Waals surface area contributed by atoms with Gasteiger partial charge in [-0.15, -0.1) is 0 Å². The minimum atomic E-state index is 0.0648. The van der Waals surface area contributed by atoms with E-state index in [0.29, 0.717) is 5.92 Å². The van der Waals surface area contributed by atoms with E-state index in [9.17, 15) is 4.79 Å².